The van der Waals surface area contributed by atoms with Gasteiger partial charge in [-0.25, -0.2) is 8.42 Å². The second kappa shape index (κ2) is 6.67. The SMILES string of the molecule is CN(Cc1ccc(CN2CCC[C@](O)(CO)C2)o1)S(C)(=O)=O. The molecule has 0 unspecified atom stereocenters. The van der Waals surface area contributed by atoms with Crippen LogP contribution in [-0.2, 0) is 23.1 Å². The monoisotopic (exact) mass is 332 g/mol. The molecular formula is C14H24N2O5S. The summed E-state index contributed by atoms with van der Waals surface area (Å²) in [5.41, 5.74) is -1.04. The van der Waals surface area contributed by atoms with Crippen LogP contribution in [0.4, 0.5) is 0 Å². The fraction of sp³-hybridized carbons (Fsp3) is 0.714. The Morgan fingerprint density at radius 3 is 2.73 bits per heavy atom. The predicted molar refractivity (Wildman–Crippen MR) is 81.6 cm³/mol. The van der Waals surface area contributed by atoms with Crippen molar-refractivity contribution in [2.45, 2.75) is 31.5 Å². The van der Waals surface area contributed by atoms with Gasteiger partial charge in [0.2, 0.25) is 10.0 Å². The first-order chi connectivity index (χ1) is 10.2. The summed E-state index contributed by atoms with van der Waals surface area (Å²) in [5.74, 6) is 1.30. The lowest BCUT2D eigenvalue weighted by Gasteiger charge is -2.37. The topological polar surface area (TPSA) is 94.2 Å². The molecular weight excluding hydrogens is 308 g/mol. The molecule has 126 valence electrons. The number of hydrogen-bond acceptors (Lipinski definition) is 6. The Morgan fingerprint density at radius 2 is 2.09 bits per heavy atom. The van der Waals surface area contributed by atoms with E-state index in [-0.39, 0.29) is 13.2 Å². The Hall–Kier alpha value is -0.930. The average Bonchev–Trinajstić information content (AvgIpc) is 2.85. The van der Waals surface area contributed by atoms with E-state index in [4.69, 9.17) is 4.42 Å². The summed E-state index contributed by atoms with van der Waals surface area (Å²) in [6, 6.07) is 3.58. The number of nitrogens with zero attached hydrogens (tertiary/aromatic N) is 2. The van der Waals surface area contributed by atoms with Gasteiger partial charge >= 0.3 is 0 Å². The molecule has 2 N–H and O–H groups in total. The fourth-order valence-corrected chi connectivity index (χ4v) is 2.98. The van der Waals surface area contributed by atoms with E-state index in [9.17, 15) is 18.6 Å². The summed E-state index contributed by atoms with van der Waals surface area (Å²) >= 11 is 0. The van der Waals surface area contributed by atoms with Crippen LogP contribution in [0.25, 0.3) is 0 Å². The van der Waals surface area contributed by atoms with E-state index in [1.54, 1.807) is 6.07 Å². The van der Waals surface area contributed by atoms with Crippen molar-refractivity contribution < 1.29 is 23.0 Å². The first kappa shape index (κ1) is 17.4. The van der Waals surface area contributed by atoms with Crippen molar-refractivity contribution in [3.05, 3.63) is 23.7 Å². The van der Waals surface area contributed by atoms with Crippen molar-refractivity contribution >= 4 is 10.0 Å². The van der Waals surface area contributed by atoms with Gasteiger partial charge in [0.05, 0.1) is 26.0 Å². The number of hydrogen-bond donors (Lipinski definition) is 2. The van der Waals surface area contributed by atoms with E-state index in [0.29, 0.717) is 25.3 Å². The van der Waals surface area contributed by atoms with Gasteiger partial charge in [-0.3, -0.25) is 4.90 Å². The molecule has 0 amide bonds. The smallest absolute Gasteiger partial charge is 0.211 e. The van der Waals surface area contributed by atoms with Gasteiger partial charge in [-0.15, -0.1) is 0 Å². The molecule has 1 atom stereocenters. The molecule has 2 heterocycles. The molecule has 8 heteroatoms. The molecule has 1 aliphatic heterocycles. The number of piperidine rings is 1. The minimum absolute atomic E-state index is 0.194. The molecule has 0 aliphatic carbocycles. The Morgan fingerprint density at radius 1 is 1.41 bits per heavy atom. The lowest BCUT2D eigenvalue weighted by Crippen LogP contribution is -2.49. The first-order valence-corrected chi connectivity index (χ1v) is 9.11. The molecule has 0 bridgehead atoms. The highest BCUT2D eigenvalue weighted by atomic mass is 32.2. The highest BCUT2D eigenvalue weighted by molar-refractivity contribution is 7.88. The zero-order chi connectivity index (χ0) is 16.4. The lowest BCUT2D eigenvalue weighted by molar-refractivity contribution is -0.0697. The molecule has 1 aromatic rings. The molecule has 1 fully saturated rings. The summed E-state index contributed by atoms with van der Waals surface area (Å²) < 4.78 is 29.7. The maximum atomic E-state index is 11.4. The van der Waals surface area contributed by atoms with Gasteiger partial charge in [-0.1, -0.05) is 0 Å². The number of β-amino-alcohol motifs (C(OH)–C–C–N with tert-alkyl or cyclic N) is 1. The predicted octanol–water partition coefficient (Wildman–Crippen LogP) is -0.00980. The van der Waals surface area contributed by atoms with Gasteiger partial charge in [0.15, 0.2) is 0 Å². The minimum Gasteiger partial charge on any atom is -0.463 e. The third-order valence-corrected chi connectivity index (χ3v) is 5.23. The van der Waals surface area contributed by atoms with E-state index in [1.807, 2.05) is 11.0 Å². The molecule has 7 nitrogen and oxygen atoms in total. The number of likely N-dealkylation sites (tertiary alicyclic amines) is 1. The zero-order valence-corrected chi connectivity index (χ0v) is 13.8. The standard InChI is InChI=1S/C14H24N2O5S/c1-15(22(2,19)20)8-12-4-5-13(21-12)9-16-7-3-6-14(18,10-16)11-17/h4-5,17-18H,3,6-11H2,1-2H3/t14-/m1/s1. The van der Waals surface area contributed by atoms with E-state index in [2.05, 4.69) is 0 Å². The molecule has 2 rings (SSSR count). The fourth-order valence-electron chi connectivity index (χ4n) is 2.62. The molecule has 0 saturated carbocycles. The molecule has 0 aromatic carbocycles. The van der Waals surface area contributed by atoms with E-state index < -0.39 is 15.6 Å². The van der Waals surface area contributed by atoms with Crippen LogP contribution >= 0.6 is 0 Å². The summed E-state index contributed by atoms with van der Waals surface area (Å²) in [6.45, 7) is 1.72. The van der Waals surface area contributed by atoms with Gasteiger partial charge in [0.1, 0.15) is 17.1 Å². The summed E-state index contributed by atoms with van der Waals surface area (Å²) in [5, 5.41) is 19.4. The maximum absolute atomic E-state index is 11.4. The van der Waals surface area contributed by atoms with E-state index in [0.717, 1.165) is 25.0 Å². The van der Waals surface area contributed by atoms with Gasteiger partial charge in [-0.2, -0.15) is 4.31 Å². The van der Waals surface area contributed by atoms with Gasteiger partial charge in [0, 0.05) is 13.6 Å². The first-order valence-electron chi connectivity index (χ1n) is 7.26. The van der Waals surface area contributed by atoms with Crippen molar-refractivity contribution in [2.75, 3.05) is 33.0 Å². The van der Waals surface area contributed by atoms with Crippen LogP contribution in [0, 0.1) is 0 Å². The Kier molecular flexibility index (Phi) is 5.29. The number of furan rings is 1. The Balaban J connectivity index is 1.95. The maximum Gasteiger partial charge on any atom is 0.211 e. The van der Waals surface area contributed by atoms with Crippen LogP contribution < -0.4 is 0 Å². The van der Waals surface area contributed by atoms with E-state index >= 15 is 0 Å². The molecule has 0 radical (unpaired) electrons. The summed E-state index contributed by atoms with van der Waals surface area (Å²) in [6.07, 6.45) is 2.57. The lowest BCUT2D eigenvalue weighted by atomic mass is 9.94. The number of rotatable bonds is 6. The van der Waals surface area contributed by atoms with Crippen molar-refractivity contribution in [1.82, 2.24) is 9.21 Å². The molecule has 1 aromatic heterocycles. The van der Waals surface area contributed by atoms with Crippen molar-refractivity contribution in [3.8, 4) is 0 Å². The molecule has 1 aliphatic rings. The summed E-state index contributed by atoms with van der Waals surface area (Å²) in [7, 11) is -1.73. The second-order valence-corrected chi connectivity index (χ2v) is 8.17. The number of aliphatic hydroxyl groups excluding tert-OH is 1. The Labute approximate surface area is 131 Å². The zero-order valence-electron chi connectivity index (χ0n) is 13.0. The normalized spacial score (nSPS) is 24.0. The van der Waals surface area contributed by atoms with E-state index in [1.165, 1.54) is 11.4 Å². The highest BCUT2D eigenvalue weighted by Crippen LogP contribution is 2.23. The molecule has 0 spiro atoms. The second-order valence-electron chi connectivity index (χ2n) is 6.08. The van der Waals surface area contributed by atoms with Gasteiger partial charge < -0.3 is 14.6 Å². The van der Waals surface area contributed by atoms with Crippen molar-refractivity contribution in [2.24, 2.45) is 0 Å². The minimum atomic E-state index is -3.24. The van der Waals surface area contributed by atoms with Crippen LogP contribution in [0.15, 0.2) is 16.5 Å². The van der Waals surface area contributed by atoms with Crippen LogP contribution in [0.2, 0.25) is 0 Å². The van der Waals surface area contributed by atoms with Crippen molar-refractivity contribution in [1.29, 1.82) is 0 Å². The van der Waals surface area contributed by atoms with Crippen LogP contribution in [-0.4, -0.2) is 66.4 Å². The third kappa shape index (κ3) is 4.53. The third-order valence-electron chi connectivity index (χ3n) is 3.97. The van der Waals surface area contributed by atoms with Crippen molar-refractivity contribution in [3.63, 3.8) is 0 Å². The van der Waals surface area contributed by atoms with Gasteiger partial charge in [-0.05, 0) is 31.5 Å². The highest BCUT2D eigenvalue weighted by Gasteiger charge is 2.32. The Bertz CT molecular complexity index is 600. The van der Waals surface area contributed by atoms with Crippen LogP contribution in [0.1, 0.15) is 24.4 Å². The van der Waals surface area contributed by atoms with Gasteiger partial charge in [0.25, 0.3) is 0 Å². The van der Waals surface area contributed by atoms with Crippen LogP contribution in [0.5, 0.6) is 0 Å². The summed E-state index contributed by atoms with van der Waals surface area (Å²) in [4.78, 5) is 2.03. The largest absolute Gasteiger partial charge is 0.463 e. The molecule has 22 heavy (non-hydrogen) atoms. The quantitative estimate of drug-likeness (QED) is 0.761. The average molecular weight is 332 g/mol. The number of sulfonamides is 1. The number of aliphatic hydroxyl groups is 2. The molecule has 1 saturated heterocycles. The van der Waals surface area contributed by atoms with Crippen LogP contribution in [0.3, 0.4) is 0 Å².